The lowest BCUT2D eigenvalue weighted by atomic mass is 10.2. The Morgan fingerprint density at radius 1 is 1.00 bits per heavy atom. The van der Waals surface area contributed by atoms with E-state index in [9.17, 15) is 0 Å². The van der Waals surface area contributed by atoms with Crippen molar-refractivity contribution < 1.29 is 9.15 Å². The van der Waals surface area contributed by atoms with Crippen LogP contribution >= 0.6 is 0 Å². The monoisotopic (exact) mass is 346 g/mol. The van der Waals surface area contributed by atoms with Crippen LogP contribution in [0.4, 0.5) is 0 Å². The fourth-order valence-electron chi connectivity index (χ4n) is 3.16. The van der Waals surface area contributed by atoms with E-state index < -0.39 is 0 Å². The second-order valence-electron chi connectivity index (χ2n) is 6.43. The third-order valence-electron chi connectivity index (χ3n) is 4.43. The van der Waals surface area contributed by atoms with Gasteiger partial charge in [-0.15, -0.1) is 0 Å². The minimum atomic E-state index is 0.714. The fourth-order valence-corrected chi connectivity index (χ4v) is 3.16. The molecule has 4 nitrogen and oxygen atoms in total. The van der Waals surface area contributed by atoms with Crippen molar-refractivity contribution in [1.29, 1.82) is 0 Å². The number of aryl methyl sites for hydroxylation is 2. The van der Waals surface area contributed by atoms with Gasteiger partial charge in [0.2, 0.25) is 0 Å². The van der Waals surface area contributed by atoms with Gasteiger partial charge in [-0.1, -0.05) is 24.3 Å². The number of hydrogen-bond donors (Lipinski definition) is 0. The Hall–Kier alpha value is -3.01. The number of hydrogen-bond acceptors (Lipinski definition) is 3. The maximum absolute atomic E-state index is 5.85. The third kappa shape index (κ3) is 3.49. The van der Waals surface area contributed by atoms with Gasteiger partial charge in [-0.2, -0.15) is 0 Å². The standard InChI is InChI=1S/C22H22N2O2/c1-17-8-6-9-18(16-17)25-14-5-4-13-24-20-11-3-2-10-19(20)23-22(24)21-12-7-15-26-21/h2-3,6-12,15-16H,4-5,13-14H2,1H3. The first-order chi connectivity index (χ1) is 12.8. The predicted molar refractivity (Wildman–Crippen MR) is 103 cm³/mol. The number of imidazole rings is 1. The topological polar surface area (TPSA) is 40.2 Å². The van der Waals surface area contributed by atoms with Crippen molar-refractivity contribution in [3.05, 3.63) is 72.5 Å². The second kappa shape index (κ2) is 7.48. The molecule has 0 spiro atoms. The van der Waals surface area contributed by atoms with E-state index in [0.717, 1.165) is 47.8 Å². The summed E-state index contributed by atoms with van der Waals surface area (Å²) in [6, 6.07) is 20.2. The molecule has 2 aromatic carbocycles. The Labute approximate surface area is 153 Å². The number of para-hydroxylation sites is 2. The molecule has 0 aliphatic carbocycles. The van der Waals surface area contributed by atoms with Gasteiger partial charge in [0.05, 0.1) is 23.9 Å². The van der Waals surface area contributed by atoms with Crippen LogP contribution in [0.1, 0.15) is 18.4 Å². The summed E-state index contributed by atoms with van der Waals surface area (Å²) in [5.74, 6) is 2.63. The molecule has 0 atom stereocenters. The average Bonchev–Trinajstić information content (AvgIpc) is 3.29. The van der Waals surface area contributed by atoms with Gasteiger partial charge in [-0.25, -0.2) is 4.98 Å². The van der Waals surface area contributed by atoms with Gasteiger partial charge in [-0.05, 0) is 61.7 Å². The minimum absolute atomic E-state index is 0.714. The second-order valence-corrected chi connectivity index (χ2v) is 6.43. The van der Waals surface area contributed by atoms with E-state index in [1.807, 2.05) is 42.5 Å². The van der Waals surface area contributed by atoms with Crippen LogP contribution in [0.15, 0.2) is 71.3 Å². The zero-order chi connectivity index (χ0) is 17.8. The van der Waals surface area contributed by atoms with Crippen LogP contribution in [-0.2, 0) is 6.54 Å². The number of aromatic nitrogens is 2. The van der Waals surface area contributed by atoms with Gasteiger partial charge in [-0.3, -0.25) is 0 Å². The van der Waals surface area contributed by atoms with Gasteiger partial charge in [0.15, 0.2) is 11.6 Å². The van der Waals surface area contributed by atoms with E-state index in [1.165, 1.54) is 5.56 Å². The summed E-state index contributed by atoms with van der Waals surface area (Å²) in [5.41, 5.74) is 3.35. The molecule has 132 valence electrons. The summed E-state index contributed by atoms with van der Waals surface area (Å²) in [7, 11) is 0. The van der Waals surface area contributed by atoms with Crippen LogP contribution in [-0.4, -0.2) is 16.2 Å². The first kappa shape index (κ1) is 16.5. The minimum Gasteiger partial charge on any atom is -0.494 e. The molecule has 4 rings (SSSR count). The van der Waals surface area contributed by atoms with Crippen molar-refractivity contribution in [3.63, 3.8) is 0 Å². The SMILES string of the molecule is Cc1cccc(OCCCCn2c(-c3ccco3)nc3ccccc32)c1. The van der Waals surface area contributed by atoms with Gasteiger partial charge in [0.1, 0.15) is 5.75 Å². The Morgan fingerprint density at radius 2 is 1.92 bits per heavy atom. The van der Waals surface area contributed by atoms with Crippen LogP contribution in [0.5, 0.6) is 5.75 Å². The fraction of sp³-hybridized carbons (Fsp3) is 0.227. The molecule has 0 aliphatic heterocycles. The van der Waals surface area contributed by atoms with Gasteiger partial charge in [0, 0.05) is 6.54 Å². The van der Waals surface area contributed by atoms with E-state index in [0.29, 0.717) is 6.61 Å². The van der Waals surface area contributed by atoms with E-state index in [1.54, 1.807) is 6.26 Å². The number of fused-ring (bicyclic) bond motifs is 1. The van der Waals surface area contributed by atoms with Crippen LogP contribution < -0.4 is 4.74 Å². The van der Waals surface area contributed by atoms with E-state index in [2.05, 4.69) is 29.7 Å². The smallest absolute Gasteiger partial charge is 0.177 e. The maximum atomic E-state index is 5.85. The molecule has 0 unspecified atom stereocenters. The van der Waals surface area contributed by atoms with Crippen LogP contribution in [0.3, 0.4) is 0 Å². The highest BCUT2D eigenvalue weighted by Gasteiger charge is 2.13. The number of rotatable bonds is 7. The van der Waals surface area contributed by atoms with Crippen molar-refractivity contribution in [2.24, 2.45) is 0 Å². The van der Waals surface area contributed by atoms with Gasteiger partial charge >= 0.3 is 0 Å². The summed E-state index contributed by atoms with van der Waals surface area (Å²) in [6.45, 7) is 3.67. The lowest BCUT2D eigenvalue weighted by molar-refractivity contribution is 0.303. The highest BCUT2D eigenvalue weighted by atomic mass is 16.5. The van der Waals surface area contributed by atoms with Gasteiger partial charge < -0.3 is 13.7 Å². The Balaban J connectivity index is 1.43. The van der Waals surface area contributed by atoms with Gasteiger partial charge in [0.25, 0.3) is 0 Å². The third-order valence-corrected chi connectivity index (χ3v) is 4.43. The number of benzene rings is 2. The van der Waals surface area contributed by atoms with E-state index in [4.69, 9.17) is 14.1 Å². The van der Waals surface area contributed by atoms with E-state index in [-0.39, 0.29) is 0 Å². The van der Waals surface area contributed by atoms with Crippen LogP contribution in [0, 0.1) is 6.92 Å². The highest BCUT2D eigenvalue weighted by Crippen LogP contribution is 2.25. The molecule has 0 saturated heterocycles. The van der Waals surface area contributed by atoms with Crippen molar-refractivity contribution in [2.75, 3.05) is 6.61 Å². The summed E-state index contributed by atoms with van der Waals surface area (Å²) < 4.78 is 13.7. The maximum Gasteiger partial charge on any atom is 0.177 e. The molecule has 26 heavy (non-hydrogen) atoms. The molecule has 2 heterocycles. The van der Waals surface area contributed by atoms with Crippen molar-refractivity contribution in [2.45, 2.75) is 26.3 Å². The predicted octanol–water partition coefficient (Wildman–Crippen LogP) is 5.46. The van der Waals surface area contributed by atoms with Crippen molar-refractivity contribution >= 4 is 11.0 Å². The molecule has 4 aromatic rings. The molecule has 0 bridgehead atoms. The summed E-state index contributed by atoms with van der Waals surface area (Å²) in [5, 5.41) is 0. The molecule has 0 N–H and O–H groups in total. The van der Waals surface area contributed by atoms with Crippen molar-refractivity contribution in [3.8, 4) is 17.3 Å². The molecule has 4 heteroatoms. The zero-order valence-electron chi connectivity index (χ0n) is 14.9. The lowest BCUT2D eigenvalue weighted by Crippen LogP contribution is -2.04. The molecule has 0 radical (unpaired) electrons. The van der Waals surface area contributed by atoms with Crippen LogP contribution in [0.25, 0.3) is 22.6 Å². The molecule has 0 fully saturated rings. The molecule has 0 amide bonds. The summed E-state index contributed by atoms with van der Waals surface area (Å²) >= 11 is 0. The number of nitrogens with zero attached hydrogens (tertiary/aromatic N) is 2. The van der Waals surface area contributed by atoms with Crippen LogP contribution in [0.2, 0.25) is 0 Å². The van der Waals surface area contributed by atoms with Crippen molar-refractivity contribution in [1.82, 2.24) is 9.55 Å². The molecular weight excluding hydrogens is 324 g/mol. The lowest BCUT2D eigenvalue weighted by Gasteiger charge is -2.09. The zero-order valence-corrected chi connectivity index (χ0v) is 14.9. The first-order valence-electron chi connectivity index (χ1n) is 9.00. The Kier molecular flexibility index (Phi) is 4.73. The number of unbranched alkanes of at least 4 members (excludes halogenated alkanes) is 1. The molecular formula is C22H22N2O2. The largest absolute Gasteiger partial charge is 0.494 e. The first-order valence-corrected chi connectivity index (χ1v) is 9.00. The van der Waals surface area contributed by atoms with E-state index >= 15 is 0 Å². The summed E-state index contributed by atoms with van der Waals surface area (Å²) in [4.78, 5) is 4.75. The molecule has 2 aromatic heterocycles. The Bertz CT molecular complexity index is 986. The number of ether oxygens (including phenoxy) is 1. The number of furan rings is 1. The normalized spacial score (nSPS) is 11.1. The quantitative estimate of drug-likeness (QED) is 0.417. The molecule has 0 saturated carbocycles. The summed E-state index contributed by atoms with van der Waals surface area (Å²) in [6.07, 6.45) is 3.69. The molecule has 0 aliphatic rings. The average molecular weight is 346 g/mol. The highest BCUT2D eigenvalue weighted by molar-refractivity contribution is 5.79. The Morgan fingerprint density at radius 3 is 2.77 bits per heavy atom.